The summed E-state index contributed by atoms with van der Waals surface area (Å²) in [6, 6.07) is 8.59. The van der Waals surface area contributed by atoms with Gasteiger partial charge in [0.15, 0.2) is 6.04 Å². The van der Waals surface area contributed by atoms with Crippen molar-refractivity contribution in [1.82, 2.24) is 4.90 Å². The molecular formula is C13H15NO4. The molecule has 1 aliphatic rings. The second-order valence-corrected chi connectivity index (χ2v) is 4.33. The maximum absolute atomic E-state index is 11.4. The lowest BCUT2D eigenvalue weighted by atomic mass is 9.99. The van der Waals surface area contributed by atoms with E-state index in [1.54, 1.807) is 0 Å². The maximum Gasteiger partial charge on any atom is 0.329 e. The van der Waals surface area contributed by atoms with Gasteiger partial charge in [-0.15, -0.1) is 0 Å². The highest BCUT2D eigenvalue weighted by Crippen LogP contribution is 2.18. The van der Waals surface area contributed by atoms with Crippen LogP contribution < -0.4 is 0 Å². The summed E-state index contributed by atoms with van der Waals surface area (Å²) < 4.78 is 5.37. The molecule has 1 aromatic carbocycles. The molecule has 2 atom stereocenters. The molecule has 5 nitrogen and oxygen atoms in total. The first-order valence-electron chi connectivity index (χ1n) is 5.73. The molecule has 0 aromatic heterocycles. The second kappa shape index (κ2) is 5.18. The Balaban J connectivity index is 2.15. The minimum atomic E-state index is -1.04. The van der Waals surface area contributed by atoms with Crippen LogP contribution >= 0.6 is 0 Å². The van der Waals surface area contributed by atoms with Gasteiger partial charge in [0.1, 0.15) is 6.61 Å². The third-order valence-electron chi connectivity index (χ3n) is 3.12. The molecule has 5 heteroatoms. The Kier molecular flexibility index (Phi) is 3.62. The van der Waals surface area contributed by atoms with Crippen LogP contribution in [0.15, 0.2) is 30.3 Å². The van der Waals surface area contributed by atoms with Crippen LogP contribution in [0.3, 0.4) is 0 Å². The van der Waals surface area contributed by atoms with Crippen LogP contribution in [0.25, 0.3) is 0 Å². The minimum absolute atomic E-state index is 0.0578. The lowest BCUT2D eigenvalue weighted by Crippen LogP contribution is -2.57. The van der Waals surface area contributed by atoms with Crippen LogP contribution in [-0.2, 0) is 20.7 Å². The third kappa shape index (κ3) is 2.51. The molecule has 96 valence electrons. The first-order chi connectivity index (χ1) is 8.59. The molecule has 1 fully saturated rings. The maximum atomic E-state index is 11.4. The summed E-state index contributed by atoms with van der Waals surface area (Å²) in [4.78, 5) is 23.9. The summed E-state index contributed by atoms with van der Waals surface area (Å²) in [5, 5.41) is 9.20. The van der Waals surface area contributed by atoms with E-state index in [1.165, 1.54) is 11.9 Å². The molecule has 1 amide bonds. The summed E-state index contributed by atoms with van der Waals surface area (Å²) in [6.07, 6.45) is -0.0253. The largest absolute Gasteiger partial charge is 0.480 e. The predicted molar refractivity (Wildman–Crippen MR) is 64.1 cm³/mol. The Bertz CT molecular complexity index is 446. The van der Waals surface area contributed by atoms with Crippen molar-refractivity contribution in [1.29, 1.82) is 0 Å². The molecule has 0 saturated carbocycles. The number of aliphatic carboxylic acids is 1. The first-order valence-corrected chi connectivity index (χ1v) is 5.73. The summed E-state index contributed by atoms with van der Waals surface area (Å²) >= 11 is 0. The Morgan fingerprint density at radius 2 is 2.11 bits per heavy atom. The molecule has 18 heavy (non-hydrogen) atoms. The van der Waals surface area contributed by atoms with Gasteiger partial charge in [0, 0.05) is 13.5 Å². The van der Waals surface area contributed by atoms with E-state index >= 15 is 0 Å². The lowest BCUT2D eigenvalue weighted by molar-refractivity contribution is -0.169. The standard InChI is InChI=1S/C13H15NO4/c1-14-11(15)8-18-10(12(14)13(16)17)7-9-5-3-2-4-6-9/h2-6,10,12H,7-8H2,1H3,(H,16,17). The zero-order chi connectivity index (χ0) is 13.1. The fraction of sp³-hybridized carbons (Fsp3) is 0.385. The monoisotopic (exact) mass is 249 g/mol. The number of hydrogen-bond donors (Lipinski definition) is 1. The van der Waals surface area contributed by atoms with Crippen molar-refractivity contribution in [2.75, 3.05) is 13.7 Å². The van der Waals surface area contributed by atoms with Gasteiger partial charge >= 0.3 is 5.97 Å². The number of carbonyl (C=O) groups is 2. The van der Waals surface area contributed by atoms with Gasteiger partial charge in [-0.05, 0) is 5.56 Å². The molecule has 1 aromatic rings. The summed E-state index contributed by atoms with van der Waals surface area (Å²) in [7, 11) is 1.50. The number of carboxylic acid groups (broad SMARTS) is 1. The molecule has 1 aliphatic heterocycles. The molecule has 0 spiro atoms. The van der Waals surface area contributed by atoms with Gasteiger partial charge in [-0.25, -0.2) is 4.79 Å². The molecular weight excluding hydrogens is 234 g/mol. The van der Waals surface area contributed by atoms with Crippen molar-refractivity contribution in [2.24, 2.45) is 0 Å². The van der Waals surface area contributed by atoms with E-state index in [-0.39, 0.29) is 12.5 Å². The molecule has 1 saturated heterocycles. The molecule has 1 N–H and O–H groups in total. The van der Waals surface area contributed by atoms with E-state index in [0.29, 0.717) is 6.42 Å². The zero-order valence-corrected chi connectivity index (χ0v) is 10.1. The van der Waals surface area contributed by atoms with E-state index in [1.807, 2.05) is 30.3 Å². The van der Waals surface area contributed by atoms with Crippen molar-refractivity contribution in [3.05, 3.63) is 35.9 Å². The quantitative estimate of drug-likeness (QED) is 0.849. The molecule has 0 radical (unpaired) electrons. The summed E-state index contributed by atoms with van der Waals surface area (Å²) in [5.74, 6) is -1.34. The molecule has 0 aliphatic carbocycles. The highest BCUT2D eigenvalue weighted by molar-refractivity contribution is 5.85. The second-order valence-electron chi connectivity index (χ2n) is 4.33. The highest BCUT2D eigenvalue weighted by Gasteiger charge is 2.39. The molecule has 2 unspecified atom stereocenters. The topological polar surface area (TPSA) is 66.8 Å². The van der Waals surface area contributed by atoms with Crippen LogP contribution in [-0.4, -0.2) is 47.7 Å². The number of amides is 1. The van der Waals surface area contributed by atoms with Crippen LogP contribution in [0, 0.1) is 0 Å². The molecule has 2 rings (SSSR count). The van der Waals surface area contributed by atoms with Crippen LogP contribution in [0.2, 0.25) is 0 Å². The minimum Gasteiger partial charge on any atom is -0.480 e. The first kappa shape index (κ1) is 12.6. The Labute approximate surface area is 105 Å². The fourth-order valence-corrected chi connectivity index (χ4v) is 2.12. The van der Waals surface area contributed by atoms with E-state index < -0.39 is 18.1 Å². The number of nitrogens with zero attached hydrogens (tertiary/aromatic N) is 1. The summed E-state index contributed by atoms with van der Waals surface area (Å²) in [6.45, 7) is -0.0578. The summed E-state index contributed by atoms with van der Waals surface area (Å²) in [5.41, 5.74) is 0.997. The van der Waals surface area contributed by atoms with E-state index in [0.717, 1.165) is 5.56 Å². The number of morpholine rings is 1. The van der Waals surface area contributed by atoms with Crippen LogP contribution in [0.4, 0.5) is 0 Å². The van der Waals surface area contributed by atoms with Crippen molar-refractivity contribution in [3.8, 4) is 0 Å². The van der Waals surface area contributed by atoms with Crippen molar-refractivity contribution in [3.63, 3.8) is 0 Å². The third-order valence-corrected chi connectivity index (χ3v) is 3.12. The highest BCUT2D eigenvalue weighted by atomic mass is 16.5. The average molecular weight is 249 g/mol. The Morgan fingerprint density at radius 3 is 2.72 bits per heavy atom. The van der Waals surface area contributed by atoms with Crippen molar-refractivity contribution >= 4 is 11.9 Å². The number of likely N-dealkylation sites (N-methyl/N-ethyl adjacent to an activating group) is 1. The number of carboxylic acids is 1. The zero-order valence-electron chi connectivity index (χ0n) is 10.1. The smallest absolute Gasteiger partial charge is 0.329 e. The molecule has 0 bridgehead atoms. The van der Waals surface area contributed by atoms with E-state index in [4.69, 9.17) is 4.74 Å². The van der Waals surface area contributed by atoms with Crippen LogP contribution in [0.5, 0.6) is 0 Å². The van der Waals surface area contributed by atoms with E-state index in [2.05, 4.69) is 0 Å². The lowest BCUT2D eigenvalue weighted by Gasteiger charge is -2.36. The number of hydrogen-bond acceptors (Lipinski definition) is 3. The van der Waals surface area contributed by atoms with Gasteiger partial charge in [-0.2, -0.15) is 0 Å². The van der Waals surface area contributed by atoms with Gasteiger partial charge in [0.25, 0.3) is 0 Å². The fourth-order valence-electron chi connectivity index (χ4n) is 2.12. The number of rotatable bonds is 3. The number of benzene rings is 1. The predicted octanol–water partition coefficient (Wildman–Crippen LogP) is 0.539. The SMILES string of the molecule is CN1C(=O)COC(Cc2ccccc2)C1C(=O)O. The van der Waals surface area contributed by atoms with Crippen LogP contribution in [0.1, 0.15) is 5.56 Å². The van der Waals surface area contributed by atoms with Gasteiger partial charge in [-0.1, -0.05) is 30.3 Å². The molecule has 1 heterocycles. The Hall–Kier alpha value is -1.88. The number of carbonyl (C=O) groups excluding carboxylic acids is 1. The van der Waals surface area contributed by atoms with Gasteiger partial charge in [0.2, 0.25) is 5.91 Å². The normalized spacial score (nSPS) is 24.1. The van der Waals surface area contributed by atoms with Crippen molar-refractivity contribution < 1.29 is 19.4 Å². The van der Waals surface area contributed by atoms with Gasteiger partial charge < -0.3 is 14.7 Å². The Morgan fingerprint density at radius 1 is 1.44 bits per heavy atom. The van der Waals surface area contributed by atoms with Gasteiger partial charge in [0.05, 0.1) is 6.10 Å². The van der Waals surface area contributed by atoms with Gasteiger partial charge in [-0.3, -0.25) is 4.79 Å². The van der Waals surface area contributed by atoms with E-state index in [9.17, 15) is 14.7 Å². The number of ether oxygens (including phenoxy) is 1. The van der Waals surface area contributed by atoms with Crippen molar-refractivity contribution in [2.45, 2.75) is 18.6 Å². The average Bonchev–Trinajstić information content (AvgIpc) is 2.35.